The van der Waals surface area contributed by atoms with Crippen LogP contribution in [-0.2, 0) is 11.2 Å². The lowest BCUT2D eigenvalue weighted by atomic mass is 9.81. The summed E-state index contributed by atoms with van der Waals surface area (Å²) >= 11 is 0. The van der Waals surface area contributed by atoms with Crippen LogP contribution in [-0.4, -0.2) is 36.7 Å². The van der Waals surface area contributed by atoms with Crippen LogP contribution in [0.25, 0.3) is 21.9 Å². The SMILES string of the molecule is COc1ccc(-c2c(C)cc(OC)c3c(O)cccc23)c2c1[C@@H](C)N(C=O)[C@H](C)C2. The van der Waals surface area contributed by atoms with Gasteiger partial charge in [-0.25, -0.2) is 0 Å². The predicted octanol–water partition coefficient (Wildman–Crippen LogP) is 5.00. The average Bonchev–Trinajstić information content (AvgIpc) is 2.73. The van der Waals surface area contributed by atoms with Crippen LogP contribution >= 0.6 is 0 Å². The van der Waals surface area contributed by atoms with E-state index in [1.54, 1.807) is 20.3 Å². The summed E-state index contributed by atoms with van der Waals surface area (Å²) in [5.41, 5.74) is 5.47. The van der Waals surface area contributed by atoms with Crippen molar-refractivity contribution < 1.29 is 19.4 Å². The Kier molecular flexibility index (Phi) is 5.06. The normalized spacial score (nSPS) is 18.2. The van der Waals surface area contributed by atoms with E-state index in [1.165, 1.54) is 5.56 Å². The van der Waals surface area contributed by atoms with Crippen molar-refractivity contribution in [1.82, 2.24) is 4.90 Å². The zero-order chi connectivity index (χ0) is 21.6. The van der Waals surface area contributed by atoms with Gasteiger partial charge in [0, 0.05) is 11.6 Å². The summed E-state index contributed by atoms with van der Waals surface area (Å²) in [6.07, 6.45) is 1.66. The zero-order valence-corrected chi connectivity index (χ0v) is 18.0. The van der Waals surface area contributed by atoms with Crippen LogP contribution in [0.1, 0.15) is 36.6 Å². The number of nitrogens with zero attached hydrogens (tertiary/aromatic N) is 1. The third-order valence-corrected chi connectivity index (χ3v) is 6.32. The van der Waals surface area contributed by atoms with Gasteiger partial charge in [-0.15, -0.1) is 0 Å². The summed E-state index contributed by atoms with van der Waals surface area (Å²) in [5, 5.41) is 12.2. The summed E-state index contributed by atoms with van der Waals surface area (Å²) < 4.78 is 11.2. The van der Waals surface area contributed by atoms with Gasteiger partial charge in [0.25, 0.3) is 0 Å². The maximum Gasteiger partial charge on any atom is 0.210 e. The van der Waals surface area contributed by atoms with Crippen LogP contribution in [0.3, 0.4) is 0 Å². The monoisotopic (exact) mass is 405 g/mol. The van der Waals surface area contributed by atoms with E-state index in [4.69, 9.17) is 9.47 Å². The number of hydrogen-bond acceptors (Lipinski definition) is 4. The molecule has 0 spiro atoms. The molecule has 1 aliphatic rings. The van der Waals surface area contributed by atoms with Gasteiger partial charge >= 0.3 is 0 Å². The Morgan fingerprint density at radius 3 is 2.50 bits per heavy atom. The van der Waals surface area contributed by atoms with Gasteiger partial charge in [-0.3, -0.25) is 4.79 Å². The van der Waals surface area contributed by atoms with E-state index in [0.29, 0.717) is 11.1 Å². The minimum atomic E-state index is -0.0885. The molecule has 0 aliphatic carbocycles. The molecule has 1 amide bonds. The lowest BCUT2D eigenvalue weighted by Crippen LogP contribution is -2.40. The van der Waals surface area contributed by atoms with Crippen molar-refractivity contribution >= 4 is 17.2 Å². The fourth-order valence-electron chi connectivity index (χ4n) is 4.94. The van der Waals surface area contributed by atoms with Gasteiger partial charge in [-0.05, 0) is 73.0 Å². The predicted molar refractivity (Wildman–Crippen MR) is 118 cm³/mol. The number of hydrogen-bond donors (Lipinski definition) is 1. The highest BCUT2D eigenvalue weighted by atomic mass is 16.5. The molecule has 156 valence electrons. The number of carbonyl (C=O) groups is 1. The van der Waals surface area contributed by atoms with Crippen LogP contribution in [0.2, 0.25) is 0 Å². The van der Waals surface area contributed by atoms with Gasteiger partial charge in [-0.1, -0.05) is 18.2 Å². The average molecular weight is 405 g/mol. The molecule has 30 heavy (non-hydrogen) atoms. The molecule has 0 saturated heterocycles. The largest absolute Gasteiger partial charge is 0.507 e. The van der Waals surface area contributed by atoms with Crippen molar-refractivity contribution in [2.75, 3.05) is 14.2 Å². The Bertz CT molecular complexity index is 1140. The number of phenols is 1. The highest BCUT2D eigenvalue weighted by molar-refractivity contribution is 6.05. The Morgan fingerprint density at radius 1 is 1.10 bits per heavy atom. The van der Waals surface area contributed by atoms with E-state index in [0.717, 1.165) is 46.2 Å². The van der Waals surface area contributed by atoms with Crippen molar-refractivity contribution in [3.05, 3.63) is 53.1 Å². The molecule has 1 aliphatic heterocycles. The minimum Gasteiger partial charge on any atom is -0.507 e. The molecule has 0 aromatic heterocycles. The fourth-order valence-corrected chi connectivity index (χ4v) is 4.94. The maximum absolute atomic E-state index is 11.7. The molecule has 1 N–H and O–H groups in total. The van der Waals surface area contributed by atoms with Gasteiger partial charge in [0.2, 0.25) is 6.41 Å². The molecule has 5 nitrogen and oxygen atoms in total. The summed E-state index contributed by atoms with van der Waals surface area (Å²) in [7, 11) is 3.28. The first-order valence-electron chi connectivity index (χ1n) is 10.1. The van der Waals surface area contributed by atoms with Crippen LogP contribution in [0.5, 0.6) is 17.2 Å². The molecule has 3 aromatic carbocycles. The molecule has 5 heteroatoms. The summed E-state index contributed by atoms with van der Waals surface area (Å²) in [5.74, 6) is 1.64. The number of fused-ring (bicyclic) bond motifs is 2. The fraction of sp³-hybridized carbons (Fsp3) is 0.320. The molecular weight excluding hydrogens is 378 g/mol. The number of aryl methyl sites for hydroxylation is 1. The van der Waals surface area contributed by atoms with Gasteiger partial charge in [0.15, 0.2) is 0 Å². The van der Waals surface area contributed by atoms with Crippen molar-refractivity contribution in [3.8, 4) is 28.4 Å². The second-order valence-corrected chi connectivity index (χ2v) is 7.96. The highest BCUT2D eigenvalue weighted by Gasteiger charge is 2.33. The third-order valence-electron chi connectivity index (χ3n) is 6.32. The van der Waals surface area contributed by atoms with Gasteiger partial charge in [-0.2, -0.15) is 0 Å². The molecular formula is C25H27NO4. The number of amides is 1. The van der Waals surface area contributed by atoms with Crippen molar-refractivity contribution in [3.63, 3.8) is 0 Å². The first kappa shape index (κ1) is 20.1. The van der Waals surface area contributed by atoms with E-state index < -0.39 is 0 Å². The number of aromatic hydroxyl groups is 1. The van der Waals surface area contributed by atoms with E-state index in [9.17, 15) is 9.90 Å². The Labute approximate surface area is 176 Å². The minimum absolute atomic E-state index is 0.0778. The maximum atomic E-state index is 11.7. The van der Waals surface area contributed by atoms with E-state index >= 15 is 0 Å². The summed E-state index contributed by atoms with van der Waals surface area (Å²) in [6.45, 7) is 6.17. The third kappa shape index (κ3) is 2.88. The molecule has 0 saturated carbocycles. The van der Waals surface area contributed by atoms with E-state index in [2.05, 4.69) is 19.9 Å². The van der Waals surface area contributed by atoms with E-state index in [1.807, 2.05) is 36.1 Å². The number of carbonyl (C=O) groups excluding carboxylic acids is 1. The van der Waals surface area contributed by atoms with Crippen molar-refractivity contribution in [2.24, 2.45) is 0 Å². The Balaban J connectivity index is 2.08. The van der Waals surface area contributed by atoms with Crippen molar-refractivity contribution in [1.29, 1.82) is 0 Å². The standard InChI is InChI=1S/C25H27NO4/c1-14-11-22(30-5)25-18(7-6-8-20(25)28)23(14)17-9-10-21(29-4)24-16(3)26(13-27)15(2)12-19(17)24/h6-11,13,15-16,28H,12H2,1-5H3/t15-,16-/m1/s1. The molecule has 3 aromatic rings. The second-order valence-electron chi connectivity index (χ2n) is 7.96. The lowest BCUT2D eigenvalue weighted by Gasteiger charge is -2.39. The Hall–Kier alpha value is -3.21. The van der Waals surface area contributed by atoms with Crippen LogP contribution in [0.15, 0.2) is 36.4 Å². The highest BCUT2D eigenvalue weighted by Crippen LogP contribution is 2.47. The van der Waals surface area contributed by atoms with Crippen LogP contribution in [0.4, 0.5) is 0 Å². The molecule has 0 radical (unpaired) electrons. The molecule has 1 heterocycles. The zero-order valence-electron chi connectivity index (χ0n) is 18.0. The Morgan fingerprint density at radius 2 is 1.83 bits per heavy atom. The summed E-state index contributed by atoms with van der Waals surface area (Å²) in [4.78, 5) is 13.6. The molecule has 0 fully saturated rings. The molecule has 0 bridgehead atoms. The number of phenolic OH excluding ortho intramolecular Hbond substituents is 1. The van der Waals surface area contributed by atoms with Gasteiger partial charge < -0.3 is 19.5 Å². The second kappa shape index (κ2) is 7.56. The van der Waals surface area contributed by atoms with Crippen molar-refractivity contribution in [2.45, 2.75) is 39.3 Å². The first-order chi connectivity index (χ1) is 14.4. The molecule has 0 unspecified atom stereocenters. The number of methoxy groups -OCH3 is 2. The topological polar surface area (TPSA) is 59.0 Å². The summed E-state index contributed by atoms with van der Waals surface area (Å²) in [6, 6.07) is 11.6. The quantitative estimate of drug-likeness (QED) is 0.621. The van der Waals surface area contributed by atoms with Crippen LogP contribution in [0, 0.1) is 6.92 Å². The lowest BCUT2D eigenvalue weighted by molar-refractivity contribution is -0.122. The number of rotatable bonds is 4. The molecule has 4 rings (SSSR count). The molecule has 2 atom stereocenters. The van der Waals surface area contributed by atoms with Gasteiger partial charge in [0.05, 0.1) is 25.6 Å². The van der Waals surface area contributed by atoms with E-state index in [-0.39, 0.29) is 17.8 Å². The van der Waals surface area contributed by atoms with Gasteiger partial charge in [0.1, 0.15) is 17.2 Å². The first-order valence-corrected chi connectivity index (χ1v) is 10.1. The van der Waals surface area contributed by atoms with Crippen LogP contribution < -0.4 is 9.47 Å². The smallest absolute Gasteiger partial charge is 0.210 e. The number of benzene rings is 3. The number of ether oxygens (including phenoxy) is 2.